The zero-order chi connectivity index (χ0) is 12.8. The van der Waals surface area contributed by atoms with Gasteiger partial charge in [-0.05, 0) is 12.3 Å². The van der Waals surface area contributed by atoms with Crippen LogP contribution < -0.4 is 5.84 Å². The summed E-state index contributed by atoms with van der Waals surface area (Å²) >= 11 is 0. The molecule has 0 saturated carbocycles. The average Bonchev–Trinajstić information content (AvgIpc) is 2.77. The van der Waals surface area contributed by atoms with Gasteiger partial charge in [-0.3, -0.25) is 9.59 Å². The highest BCUT2D eigenvalue weighted by Crippen LogP contribution is 2.05. The summed E-state index contributed by atoms with van der Waals surface area (Å²) in [6, 6.07) is 0. The average molecular weight is 238 g/mol. The molecule has 2 N–H and O–H groups in total. The maximum absolute atomic E-state index is 11.6. The molecule has 0 saturated heterocycles. The second kappa shape index (κ2) is 6.15. The van der Waals surface area contributed by atoms with Gasteiger partial charge < -0.3 is 4.57 Å². The number of rotatable bonds is 5. The molecule has 1 heterocycles. The minimum Gasteiger partial charge on any atom is -0.328 e. The van der Waals surface area contributed by atoms with Gasteiger partial charge in [-0.2, -0.15) is 0 Å². The number of hydrogen-bond donors (Lipinski definition) is 1. The summed E-state index contributed by atoms with van der Waals surface area (Å²) in [7, 11) is 0. The summed E-state index contributed by atoms with van der Waals surface area (Å²) < 4.78 is 1.57. The Kier molecular flexibility index (Phi) is 4.84. The molecule has 6 heteroatoms. The number of hydrazine groups is 1. The highest BCUT2D eigenvalue weighted by Gasteiger charge is 2.17. The molecule has 2 amide bonds. The lowest BCUT2D eigenvalue weighted by Crippen LogP contribution is -2.44. The van der Waals surface area contributed by atoms with Crippen LogP contribution >= 0.6 is 0 Å². The van der Waals surface area contributed by atoms with Crippen LogP contribution in [0.3, 0.4) is 0 Å². The van der Waals surface area contributed by atoms with Crippen LogP contribution in [0.2, 0.25) is 0 Å². The predicted molar refractivity (Wildman–Crippen MR) is 62.3 cm³/mol. The quantitative estimate of drug-likeness (QED) is 0.461. The van der Waals surface area contributed by atoms with Crippen molar-refractivity contribution >= 4 is 11.8 Å². The largest absolute Gasteiger partial charge is 0.328 e. The van der Waals surface area contributed by atoms with Gasteiger partial charge in [0, 0.05) is 18.8 Å². The lowest BCUT2D eigenvalue weighted by molar-refractivity contribution is -0.145. The number of nitrogens with zero attached hydrogens (tertiary/aromatic N) is 3. The van der Waals surface area contributed by atoms with Crippen LogP contribution in [-0.2, 0) is 16.1 Å². The van der Waals surface area contributed by atoms with Crippen molar-refractivity contribution in [2.24, 2.45) is 11.8 Å². The van der Waals surface area contributed by atoms with E-state index >= 15 is 0 Å². The van der Waals surface area contributed by atoms with Gasteiger partial charge in [0.05, 0.1) is 6.33 Å². The molecule has 0 spiro atoms. The Labute approximate surface area is 100 Å². The fourth-order valence-electron chi connectivity index (χ4n) is 1.28. The molecule has 0 aliphatic rings. The molecule has 0 bridgehead atoms. The number of imide groups is 1. The second-order valence-electron chi connectivity index (χ2n) is 4.33. The highest BCUT2D eigenvalue weighted by molar-refractivity contribution is 5.94. The molecule has 0 aromatic carbocycles. The summed E-state index contributed by atoms with van der Waals surface area (Å²) in [5.41, 5.74) is 0. The lowest BCUT2D eigenvalue weighted by atomic mass is 10.1. The zero-order valence-electron chi connectivity index (χ0n) is 10.2. The summed E-state index contributed by atoms with van der Waals surface area (Å²) in [6.45, 7) is 4.06. The summed E-state index contributed by atoms with van der Waals surface area (Å²) in [6.07, 6.45) is 5.73. The fraction of sp³-hybridized carbons (Fsp3) is 0.545. The minimum atomic E-state index is -0.434. The number of hydrogen-bond acceptors (Lipinski definition) is 4. The number of amides is 2. The molecule has 17 heavy (non-hydrogen) atoms. The van der Waals surface area contributed by atoms with Crippen LogP contribution in [0.4, 0.5) is 0 Å². The van der Waals surface area contributed by atoms with E-state index in [2.05, 4.69) is 4.98 Å². The molecule has 0 atom stereocenters. The molecule has 0 aliphatic carbocycles. The molecule has 0 fully saturated rings. The Hall–Kier alpha value is -1.69. The van der Waals surface area contributed by atoms with E-state index < -0.39 is 5.91 Å². The molecule has 6 nitrogen and oxygen atoms in total. The third-order valence-electron chi connectivity index (χ3n) is 2.35. The summed E-state index contributed by atoms with van der Waals surface area (Å²) in [5.74, 6) is 5.10. The Morgan fingerprint density at radius 2 is 2.12 bits per heavy atom. The molecule has 94 valence electrons. The van der Waals surface area contributed by atoms with Gasteiger partial charge in [0.1, 0.15) is 6.54 Å². The summed E-state index contributed by atoms with van der Waals surface area (Å²) in [4.78, 5) is 27.0. The van der Waals surface area contributed by atoms with Gasteiger partial charge in [0.15, 0.2) is 0 Å². The van der Waals surface area contributed by atoms with Crippen molar-refractivity contribution in [1.82, 2.24) is 14.6 Å². The Balaban J connectivity index is 2.43. The Morgan fingerprint density at radius 1 is 1.41 bits per heavy atom. The maximum atomic E-state index is 11.6. The van der Waals surface area contributed by atoms with E-state index in [0.29, 0.717) is 17.3 Å². The molecular weight excluding hydrogens is 220 g/mol. The number of imidazole rings is 1. The van der Waals surface area contributed by atoms with E-state index in [1.54, 1.807) is 17.0 Å². The van der Waals surface area contributed by atoms with Gasteiger partial charge >= 0.3 is 0 Å². The first-order valence-corrected chi connectivity index (χ1v) is 5.57. The van der Waals surface area contributed by atoms with Gasteiger partial charge in [0.25, 0.3) is 5.91 Å². The van der Waals surface area contributed by atoms with E-state index in [4.69, 9.17) is 5.84 Å². The van der Waals surface area contributed by atoms with Gasteiger partial charge in [0.2, 0.25) is 5.91 Å². The number of carbonyl (C=O) groups excluding carboxylic acids is 2. The van der Waals surface area contributed by atoms with Crippen molar-refractivity contribution < 1.29 is 9.59 Å². The van der Waals surface area contributed by atoms with Crippen molar-refractivity contribution in [1.29, 1.82) is 0 Å². The minimum absolute atomic E-state index is 0.0317. The third-order valence-corrected chi connectivity index (χ3v) is 2.35. The van der Waals surface area contributed by atoms with Crippen LogP contribution in [0, 0.1) is 5.92 Å². The molecule has 0 aliphatic heterocycles. The fourth-order valence-corrected chi connectivity index (χ4v) is 1.28. The third kappa shape index (κ3) is 4.36. The van der Waals surface area contributed by atoms with Gasteiger partial charge in [-0.15, -0.1) is 0 Å². The first kappa shape index (κ1) is 13.4. The molecular formula is C11H18N4O2. The van der Waals surface area contributed by atoms with Crippen molar-refractivity contribution in [3.05, 3.63) is 18.7 Å². The van der Waals surface area contributed by atoms with Gasteiger partial charge in [-0.1, -0.05) is 13.8 Å². The molecule has 1 aromatic rings. The molecule has 1 rings (SSSR count). The lowest BCUT2D eigenvalue weighted by Gasteiger charge is -2.15. The number of nitrogens with two attached hydrogens (primary N) is 1. The number of carbonyl (C=O) groups is 2. The molecule has 1 aromatic heterocycles. The first-order chi connectivity index (χ1) is 8.00. The van der Waals surface area contributed by atoms with Crippen LogP contribution in [0.15, 0.2) is 18.7 Å². The van der Waals surface area contributed by atoms with E-state index in [1.807, 2.05) is 13.8 Å². The Morgan fingerprint density at radius 3 is 2.65 bits per heavy atom. The standard InChI is InChI=1S/C11H18N4O2/c1-9(2)3-4-10(16)15(12)11(17)7-14-6-5-13-8-14/h5-6,8-9H,3-4,7,12H2,1-2H3. The van der Waals surface area contributed by atoms with E-state index in [-0.39, 0.29) is 12.5 Å². The Bertz CT molecular complexity index is 373. The normalized spacial score (nSPS) is 10.6. The SMILES string of the molecule is CC(C)CCC(=O)N(N)C(=O)Cn1ccnc1. The van der Waals surface area contributed by atoms with Gasteiger partial charge in [-0.25, -0.2) is 15.8 Å². The van der Waals surface area contributed by atoms with Crippen molar-refractivity contribution in [3.63, 3.8) is 0 Å². The highest BCUT2D eigenvalue weighted by atomic mass is 16.2. The smallest absolute Gasteiger partial charge is 0.263 e. The van der Waals surface area contributed by atoms with E-state index in [1.165, 1.54) is 6.33 Å². The topological polar surface area (TPSA) is 81.2 Å². The van der Waals surface area contributed by atoms with E-state index in [9.17, 15) is 9.59 Å². The second-order valence-corrected chi connectivity index (χ2v) is 4.33. The predicted octanol–water partition coefficient (Wildman–Crippen LogP) is 0.548. The van der Waals surface area contributed by atoms with E-state index in [0.717, 1.165) is 6.42 Å². The molecule has 0 radical (unpaired) electrons. The van der Waals surface area contributed by atoms with Crippen LogP contribution in [0.5, 0.6) is 0 Å². The molecule has 0 unspecified atom stereocenters. The van der Waals surface area contributed by atoms with Crippen molar-refractivity contribution in [2.75, 3.05) is 0 Å². The van der Waals surface area contributed by atoms with Crippen LogP contribution in [0.1, 0.15) is 26.7 Å². The van der Waals surface area contributed by atoms with Crippen LogP contribution in [0.25, 0.3) is 0 Å². The first-order valence-electron chi connectivity index (χ1n) is 5.57. The van der Waals surface area contributed by atoms with Crippen molar-refractivity contribution in [3.8, 4) is 0 Å². The van der Waals surface area contributed by atoms with Crippen molar-refractivity contribution in [2.45, 2.75) is 33.2 Å². The maximum Gasteiger partial charge on any atom is 0.263 e. The number of aromatic nitrogens is 2. The zero-order valence-corrected chi connectivity index (χ0v) is 10.2. The summed E-state index contributed by atoms with van der Waals surface area (Å²) in [5, 5.41) is 0.697. The monoisotopic (exact) mass is 238 g/mol. The van der Waals surface area contributed by atoms with Crippen LogP contribution in [-0.4, -0.2) is 26.4 Å².